The van der Waals surface area contributed by atoms with Crippen LogP contribution in [-0.2, 0) is 0 Å². The van der Waals surface area contributed by atoms with Gasteiger partial charge in [0.15, 0.2) is 5.76 Å². The van der Waals surface area contributed by atoms with Gasteiger partial charge >= 0.3 is 0 Å². The Morgan fingerprint density at radius 1 is 0.966 bits per heavy atom. The predicted octanol–water partition coefficient (Wildman–Crippen LogP) is 6.64. The quantitative estimate of drug-likeness (QED) is 0.382. The first-order valence-corrected chi connectivity index (χ1v) is 10.0. The Morgan fingerprint density at radius 2 is 1.79 bits per heavy atom. The van der Waals surface area contributed by atoms with Crippen molar-refractivity contribution in [2.24, 2.45) is 0 Å². The highest BCUT2D eigenvalue weighted by Gasteiger charge is 2.17. The van der Waals surface area contributed by atoms with E-state index >= 15 is 0 Å². The zero-order valence-electron chi connectivity index (χ0n) is 16.1. The van der Waals surface area contributed by atoms with Crippen molar-refractivity contribution in [3.05, 3.63) is 94.1 Å². The van der Waals surface area contributed by atoms with E-state index in [1.165, 1.54) is 5.56 Å². The van der Waals surface area contributed by atoms with E-state index in [0.717, 1.165) is 21.3 Å². The fourth-order valence-corrected chi connectivity index (χ4v) is 3.46. The van der Waals surface area contributed by atoms with Crippen LogP contribution in [0.1, 0.15) is 21.5 Å². The van der Waals surface area contributed by atoms with E-state index in [1.807, 2.05) is 74.5 Å². The number of nitrogens with one attached hydrogen (secondary N) is 1. The van der Waals surface area contributed by atoms with Crippen LogP contribution in [0.3, 0.4) is 0 Å². The van der Waals surface area contributed by atoms with Gasteiger partial charge in [-0.3, -0.25) is 4.79 Å². The van der Waals surface area contributed by atoms with Crippen LogP contribution in [0.2, 0.25) is 0 Å². The number of anilines is 1. The molecule has 0 unspecified atom stereocenters. The summed E-state index contributed by atoms with van der Waals surface area (Å²) in [7, 11) is 0. The Morgan fingerprint density at radius 3 is 2.59 bits per heavy atom. The topological polar surface area (TPSA) is 55.1 Å². The predicted molar refractivity (Wildman–Crippen MR) is 119 cm³/mol. The van der Waals surface area contributed by atoms with E-state index in [4.69, 9.17) is 4.42 Å². The first-order valence-electron chi connectivity index (χ1n) is 9.21. The number of aromatic nitrogens is 1. The van der Waals surface area contributed by atoms with Gasteiger partial charge in [0.1, 0.15) is 0 Å². The summed E-state index contributed by atoms with van der Waals surface area (Å²) in [4.78, 5) is 17.3. The molecule has 0 fully saturated rings. The Hall–Kier alpha value is -3.18. The minimum Gasteiger partial charge on any atom is -0.436 e. The summed E-state index contributed by atoms with van der Waals surface area (Å²) in [6, 6.07) is 21.0. The summed E-state index contributed by atoms with van der Waals surface area (Å²) in [6.07, 6.45) is 1.68. The van der Waals surface area contributed by atoms with Crippen molar-refractivity contribution >= 4 is 27.5 Å². The zero-order valence-corrected chi connectivity index (χ0v) is 17.7. The van der Waals surface area contributed by atoms with E-state index in [9.17, 15) is 4.79 Å². The fourth-order valence-electron chi connectivity index (χ4n) is 3.06. The van der Waals surface area contributed by atoms with Crippen LogP contribution in [-0.4, -0.2) is 10.9 Å². The van der Waals surface area contributed by atoms with Crippen molar-refractivity contribution in [1.29, 1.82) is 0 Å². The van der Waals surface area contributed by atoms with Crippen molar-refractivity contribution in [3.63, 3.8) is 0 Å². The molecule has 4 rings (SSSR count). The molecule has 0 radical (unpaired) electrons. The van der Waals surface area contributed by atoms with Gasteiger partial charge in [-0.05, 0) is 61.4 Å². The van der Waals surface area contributed by atoms with Crippen LogP contribution in [0.25, 0.3) is 22.8 Å². The van der Waals surface area contributed by atoms with E-state index in [0.29, 0.717) is 22.8 Å². The molecule has 0 saturated heterocycles. The maximum absolute atomic E-state index is 12.9. The van der Waals surface area contributed by atoms with Crippen LogP contribution >= 0.6 is 15.9 Å². The monoisotopic (exact) mass is 446 g/mol. The highest BCUT2D eigenvalue weighted by Crippen LogP contribution is 2.30. The maximum Gasteiger partial charge on any atom is 0.256 e. The number of rotatable bonds is 4. The molecule has 1 N–H and O–H groups in total. The molecule has 1 heterocycles. The van der Waals surface area contributed by atoms with Crippen molar-refractivity contribution in [2.45, 2.75) is 13.8 Å². The molecule has 1 amide bonds. The number of benzene rings is 3. The molecule has 3 aromatic carbocycles. The Labute approximate surface area is 177 Å². The number of carbonyl (C=O) groups is 1. The summed E-state index contributed by atoms with van der Waals surface area (Å²) in [5.74, 6) is 0.850. The van der Waals surface area contributed by atoms with Gasteiger partial charge in [0.25, 0.3) is 5.91 Å². The lowest BCUT2D eigenvalue weighted by atomic mass is 10.1. The van der Waals surface area contributed by atoms with Gasteiger partial charge < -0.3 is 9.73 Å². The lowest BCUT2D eigenvalue weighted by Crippen LogP contribution is -2.13. The molecule has 4 nitrogen and oxygen atoms in total. The maximum atomic E-state index is 12.9. The second-order valence-corrected chi connectivity index (χ2v) is 7.75. The second-order valence-electron chi connectivity index (χ2n) is 6.84. The van der Waals surface area contributed by atoms with Crippen LogP contribution < -0.4 is 5.32 Å². The third kappa shape index (κ3) is 4.15. The summed E-state index contributed by atoms with van der Waals surface area (Å²) < 4.78 is 6.93. The van der Waals surface area contributed by atoms with E-state index in [-0.39, 0.29) is 5.91 Å². The number of oxazole rings is 1. The second kappa shape index (κ2) is 8.05. The number of amides is 1. The molecule has 0 aliphatic rings. The van der Waals surface area contributed by atoms with Gasteiger partial charge in [-0.1, -0.05) is 46.3 Å². The minimum atomic E-state index is -0.203. The molecule has 0 spiro atoms. The van der Waals surface area contributed by atoms with Crippen LogP contribution in [0.5, 0.6) is 0 Å². The Kier molecular flexibility index (Phi) is 5.32. The van der Waals surface area contributed by atoms with E-state index < -0.39 is 0 Å². The lowest BCUT2D eigenvalue weighted by Gasteiger charge is -2.10. The largest absolute Gasteiger partial charge is 0.436 e. The summed E-state index contributed by atoms with van der Waals surface area (Å²) >= 11 is 3.47. The van der Waals surface area contributed by atoms with Gasteiger partial charge in [-0.15, -0.1) is 0 Å². The zero-order chi connectivity index (χ0) is 20.4. The van der Waals surface area contributed by atoms with Crippen LogP contribution in [0.4, 0.5) is 5.69 Å². The highest BCUT2D eigenvalue weighted by molar-refractivity contribution is 9.10. The summed E-state index contributed by atoms with van der Waals surface area (Å²) in [5.41, 5.74) is 5.14. The molecule has 4 aromatic rings. The number of nitrogens with zero attached hydrogens (tertiary/aromatic N) is 1. The van der Waals surface area contributed by atoms with Crippen molar-refractivity contribution in [3.8, 4) is 22.8 Å². The smallest absolute Gasteiger partial charge is 0.256 e. The lowest BCUT2D eigenvalue weighted by molar-refractivity contribution is 0.102. The molecule has 0 aliphatic carbocycles. The fraction of sp³-hybridized carbons (Fsp3) is 0.0833. The third-order valence-corrected chi connectivity index (χ3v) is 5.27. The van der Waals surface area contributed by atoms with Crippen molar-refractivity contribution < 1.29 is 9.21 Å². The van der Waals surface area contributed by atoms with Gasteiger partial charge in [0.05, 0.1) is 11.8 Å². The molecule has 29 heavy (non-hydrogen) atoms. The highest BCUT2D eigenvalue weighted by atomic mass is 79.9. The first-order chi connectivity index (χ1) is 14.0. The third-order valence-electron chi connectivity index (χ3n) is 4.78. The molecular formula is C24H19BrN2O2. The Balaban J connectivity index is 1.65. The van der Waals surface area contributed by atoms with Crippen molar-refractivity contribution in [1.82, 2.24) is 4.98 Å². The van der Waals surface area contributed by atoms with Gasteiger partial charge in [0.2, 0.25) is 5.89 Å². The number of hydrogen-bond acceptors (Lipinski definition) is 3. The summed E-state index contributed by atoms with van der Waals surface area (Å²) in [5, 5.41) is 2.97. The molecule has 144 valence electrons. The molecule has 0 bridgehead atoms. The number of halogens is 1. The van der Waals surface area contributed by atoms with Gasteiger partial charge in [-0.2, -0.15) is 0 Å². The average molecular weight is 447 g/mol. The van der Waals surface area contributed by atoms with E-state index in [1.54, 1.807) is 12.3 Å². The van der Waals surface area contributed by atoms with E-state index in [2.05, 4.69) is 26.2 Å². The molecule has 0 atom stereocenters. The molecule has 0 saturated carbocycles. The number of carbonyl (C=O) groups excluding carboxylic acids is 1. The first kappa shape index (κ1) is 19.2. The Bertz CT molecular complexity index is 1200. The van der Waals surface area contributed by atoms with Gasteiger partial charge in [-0.25, -0.2) is 4.98 Å². The number of aryl methyl sites for hydroxylation is 2. The molecular weight excluding hydrogens is 428 g/mol. The molecule has 1 aromatic heterocycles. The van der Waals surface area contributed by atoms with Crippen LogP contribution in [0.15, 0.2) is 81.8 Å². The molecule has 0 aliphatic heterocycles. The SMILES string of the molecule is Cc1ccc(NC(=O)c2ccccc2-c2ncc(-c3cccc(Br)c3)o2)cc1C. The number of hydrogen-bond donors (Lipinski definition) is 1. The van der Waals surface area contributed by atoms with Crippen molar-refractivity contribution in [2.75, 3.05) is 5.32 Å². The normalized spacial score (nSPS) is 10.7. The van der Waals surface area contributed by atoms with Crippen LogP contribution in [0, 0.1) is 13.8 Å². The molecule has 5 heteroatoms. The van der Waals surface area contributed by atoms with Gasteiger partial charge in [0, 0.05) is 21.3 Å². The average Bonchev–Trinajstić information content (AvgIpc) is 3.21. The minimum absolute atomic E-state index is 0.203. The standard InChI is InChI=1S/C24H19BrN2O2/c1-15-10-11-19(12-16(15)2)27-23(28)20-8-3-4-9-21(20)24-26-14-22(29-24)17-6-5-7-18(25)13-17/h3-14H,1-2H3,(H,27,28). The summed E-state index contributed by atoms with van der Waals surface area (Å²) in [6.45, 7) is 4.07.